The lowest BCUT2D eigenvalue weighted by Gasteiger charge is -2.36. The molecule has 4 heterocycles. The van der Waals surface area contributed by atoms with Gasteiger partial charge in [0.2, 0.25) is 0 Å². The quantitative estimate of drug-likeness (QED) is 0.885. The summed E-state index contributed by atoms with van der Waals surface area (Å²) >= 11 is 0. The fourth-order valence-electron chi connectivity index (χ4n) is 4.35. The number of aryl methyl sites for hydroxylation is 1. The molecule has 0 amide bonds. The molecule has 2 atom stereocenters. The molecule has 3 fully saturated rings. The summed E-state index contributed by atoms with van der Waals surface area (Å²) in [6.07, 6.45) is 3.20. The fraction of sp³-hybridized carbons (Fsp3) is 0.765. The molecule has 0 aliphatic carbocycles. The molecule has 0 spiro atoms. The van der Waals surface area contributed by atoms with Gasteiger partial charge in [-0.3, -0.25) is 4.90 Å². The Morgan fingerprint density at radius 2 is 1.87 bits per heavy atom. The van der Waals surface area contributed by atoms with Crippen LogP contribution in [0.2, 0.25) is 0 Å². The summed E-state index contributed by atoms with van der Waals surface area (Å²) in [5.74, 6) is 2.43. The van der Waals surface area contributed by atoms with Crippen molar-refractivity contribution in [2.24, 2.45) is 11.8 Å². The number of aliphatic hydroxyl groups is 1. The summed E-state index contributed by atoms with van der Waals surface area (Å²) in [4.78, 5) is 13.5. The summed E-state index contributed by atoms with van der Waals surface area (Å²) in [6, 6.07) is 2.07. The number of anilines is 1. The number of ether oxygens (including phenoxy) is 1. The number of β-amino-alcohol motifs (C(OH)–C–C–N with tert-alkyl or cyclic N) is 1. The van der Waals surface area contributed by atoms with Gasteiger partial charge < -0.3 is 14.7 Å². The van der Waals surface area contributed by atoms with Gasteiger partial charge in [0, 0.05) is 70.5 Å². The number of aromatic nitrogens is 2. The molecule has 0 aromatic carbocycles. The van der Waals surface area contributed by atoms with Gasteiger partial charge in [0.1, 0.15) is 12.1 Å². The third-order valence-corrected chi connectivity index (χ3v) is 5.62. The van der Waals surface area contributed by atoms with Gasteiger partial charge >= 0.3 is 0 Å². The predicted octanol–water partition coefficient (Wildman–Crippen LogP) is 0.695. The van der Waals surface area contributed by atoms with Gasteiger partial charge in [-0.2, -0.15) is 0 Å². The van der Waals surface area contributed by atoms with Crippen LogP contribution < -0.4 is 4.90 Å². The number of hydrogen-bond donors (Lipinski definition) is 1. The maximum Gasteiger partial charge on any atom is 0.132 e. The second-order valence-electron chi connectivity index (χ2n) is 7.47. The van der Waals surface area contributed by atoms with E-state index < -0.39 is 5.60 Å². The SMILES string of the molecule is Cc1cc(N2CC3CN(CC4(O)CCOCC4)CC3C2)ncn1. The number of hydrogen-bond acceptors (Lipinski definition) is 6. The normalized spacial score (nSPS) is 30.6. The third kappa shape index (κ3) is 3.20. The Morgan fingerprint density at radius 1 is 1.17 bits per heavy atom. The van der Waals surface area contributed by atoms with Crippen LogP contribution in [0.1, 0.15) is 18.5 Å². The molecule has 1 N–H and O–H groups in total. The van der Waals surface area contributed by atoms with Crippen LogP contribution in [0.4, 0.5) is 5.82 Å². The molecular formula is C17H26N4O2. The first-order valence-electron chi connectivity index (χ1n) is 8.67. The molecule has 3 saturated heterocycles. The molecule has 1 aromatic heterocycles. The third-order valence-electron chi connectivity index (χ3n) is 5.62. The van der Waals surface area contributed by atoms with Crippen molar-refractivity contribution in [3.05, 3.63) is 18.1 Å². The summed E-state index contributed by atoms with van der Waals surface area (Å²) in [6.45, 7) is 8.52. The van der Waals surface area contributed by atoms with Crippen molar-refractivity contribution >= 4 is 5.82 Å². The van der Waals surface area contributed by atoms with E-state index in [1.165, 1.54) is 0 Å². The van der Waals surface area contributed by atoms with Gasteiger partial charge in [-0.1, -0.05) is 0 Å². The van der Waals surface area contributed by atoms with E-state index in [9.17, 15) is 5.11 Å². The predicted molar refractivity (Wildman–Crippen MR) is 87.4 cm³/mol. The van der Waals surface area contributed by atoms with E-state index in [-0.39, 0.29) is 0 Å². The van der Waals surface area contributed by atoms with Crippen molar-refractivity contribution < 1.29 is 9.84 Å². The van der Waals surface area contributed by atoms with Crippen molar-refractivity contribution in [2.45, 2.75) is 25.4 Å². The van der Waals surface area contributed by atoms with Gasteiger partial charge in [-0.05, 0) is 18.8 Å². The first-order chi connectivity index (χ1) is 11.1. The maximum atomic E-state index is 10.7. The highest BCUT2D eigenvalue weighted by Gasteiger charge is 2.43. The van der Waals surface area contributed by atoms with Crippen molar-refractivity contribution in [3.8, 4) is 0 Å². The van der Waals surface area contributed by atoms with Crippen molar-refractivity contribution in [2.75, 3.05) is 50.8 Å². The topological polar surface area (TPSA) is 61.7 Å². The highest BCUT2D eigenvalue weighted by molar-refractivity contribution is 5.40. The van der Waals surface area contributed by atoms with E-state index in [4.69, 9.17) is 4.74 Å². The van der Waals surface area contributed by atoms with Gasteiger partial charge in [-0.15, -0.1) is 0 Å². The monoisotopic (exact) mass is 318 g/mol. The number of likely N-dealkylation sites (tertiary alicyclic amines) is 1. The summed E-state index contributed by atoms with van der Waals surface area (Å²) in [5.41, 5.74) is 0.482. The zero-order valence-corrected chi connectivity index (χ0v) is 13.8. The minimum atomic E-state index is -0.541. The Kier molecular flexibility index (Phi) is 3.99. The highest BCUT2D eigenvalue weighted by Crippen LogP contribution is 2.34. The Balaban J connectivity index is 1.35. The summed E-state index contributed by atoms with van der Waals surface area (Å²) in [7, 11) is 0. The first-order valence-corrected chi connectivity index (χ1v) is 8.67. The number of nitrogens with zero attached hydrogens (tertiary/aromatic N) is 4. The molecular weight excluding hydrogens is 292 g/mol. The largest absolute Gasteiger partial charge is 0.388 e. The van der Waals surface area contributed by atoms with E-state index in [1.807, 2.05) is 6.92 Å². The second kappa shape index (κ2) is 6.00. The Morgan fingerprint density at radius 3 is 2.52 bits per heavy atom. The Labute approximate surface area is 137 Å². The van der Waals surface area contributed by atoms with Gasteiger partial charge in [0.15, 0.2) is 0 Å². The molecule has 6 nitrogen and oxygen atoms in total. The van der Waals surface area contributed by atoms with Crippen LogP contribution in [0.3, 0.4) is 0 Å². The molecule has 4 rings (SSSR count). The molecule has 3 aliphatic heterocycles. The van der Waals surface area contributed by atoms with E-state index >= 15 is 0 Å². The molecule has 126 valence electrons. The smallest absolute Gasteiger partial charge is 0.132 e. The lowest BCUT2D eigenvalue weighted by atomic mass is 9.94. The number of rotatable bonds is 3. The zero-order chi connectivity index (χ0) is 15.9. The van der Waals surface area contributed by atoms with E-state index in [2.05, 4.69) is 25.8 Å². The molecule has 0 bridgehead atoms. The van der Waals surface area contributed by atoms with Crippen LogP contribution in [0.15, 0.2) is 12.4 Å². The van der Waals surface area contributed by atoms with Crippen molar-refractivity contribution in [1.29, 1.82) is 0 Å². The van der Waals surface area contributed by atoms with Crippen molar-refractivity contribution in [3.63, 3.8) is 0 Å². The highest BCUT2D eigenvalue weighted by atomic mass is 16.5. The minimum Gasteiger partial charge on any atom is -0.388 e. The second-order valence-corrected chi connectivity index (χ2v) is 7.47. The fourth-order valence-corrected chi connectivity index (χ4v) is 4.35. The van der Waals surface area contributed by atoms with Crippen LogP contribution in [-0.4, -0.2) is 71.5 Å². The summed E-state index contributed by atoms with van der Waals surface area (Å²) in [5, 5.41) is 10.7. The minimum absolute atomic E-state index is 0.541. The van der Waals surface area contributed by atoms with Gasteiger partial charge in [-0.25, -0.2) is 9.97 Å². The summed E-state index contributed by atoms with van der Waals surface area (Å²) < 4.78 is 5.38. The number of fused-ring (bicyclic) bond motifs is 1. The van der Waals surface area contributed by atoms with E-state index in [1.54, 1.807) is 6.33 Å². The molecule has 2 unspecified atom stereocenters. The average Bonchev–Trinajstić information content (AvgIpc) is 3.05. The van der Waals surface area contributed by atoms with Crippen LogP contribution >= 0.6 is 0 Å². The van der Waals surface area contributed by atoms with Crippen LogP contribution in [0, 0.1) is 18.8 Å². The van der Waals surface area contributed by atoms with Gasteiger partial charge in [0.25, 0.3) is 0 Å². The first kappa shape index (κ1) is 15.3. The van der Waals surface area contributed by atoms with Crippen LogP contribution in [0.5, 0.6) is 0 Å². The van der Waals surface area contributed by atoms with Gasteiger partial charge in [0.05, 0.1) is 5.60 Å². The maximum absolute atomic E-state index is 10.7. The molecule has 3 aliphatic rings. The molecule has 0 saturated carbocycles. The zero-order valence-electron chi connectivity index (χ0n) is 13.8. The molecule has 0 radical (unpaired) electrons. The standard InChI is InChI=1S/C17H26N4O2/c1-13-6-16(19-12-18-13)21-9-14-7-20(8-15(14)10-21)11-17(22)2-4-23-5-3-17/h6,12,14-15,22H,2-5,7-11H2,1H3. The van der Waals surface area contributed by atoms with E-state index in [0.29, 0.717) is 25.0 Å². The molecule has 23 heavy (non-hydrogen) atoms. The van der Waals surface area contributed by atoms with Crippen LogP contribution in [-0.2, 0) is 4.74 Å². The lowest BCUT2D eigenvalue weighted by Crippen LogP contribution is -2.46. The average molecular weight is 318 g/mol. The molecule has 1 aromatic rings. The lowest BCUT2D eigenvalue weighted by molar-refractivity contribution is -0.0778. The van der Waals surface area contributed by atoms with Crippen molar-refractivity contribution in [1.82, 2.24) is 14.9 Å². The van der Waals surface area contributed by atoms with E-state index in [0.717, 1.165) is 57.1 Å². The Bertz CT molecular complexity index is 547. The van der Waals surface area contributed by atoms with Crippen LogP contribution in [0.25, 0.3) is 0 Å². The molecule has 6 heteroatoms. The Hall–Kier alpha value is -1.24.